The normalized spacial score (nSPS) is 10.1. The molecule has 0 aromatic carbocycles. The molecule has 7 nitrogen and oxygen atoms in total. The summed E-state index contributed by atoms with van der Waals surface area (Å²) in [5.41, 5.74) is 5.48. The van der Waals surface area contributed by atoms with E-state index in [0.29, 0.717) is 31.3 Å². The number of hydrogen-bond acceptors (Lipinski definition) is 7. The Kier molecular flexibility index (Phi) is 5.86. The number of nitrogens with two attached hydrogens (primary N) is 1. The summed E-state index contributed by atoms with van der Waals surface area (Å²) in [4.78, 5) is 21.2. The Morgan fingerprint density at radius 2 is 2.11 bits per heavy atom. The molecule has 0 saturated heterocycles. The van der Waals surface area contributed by atoms with Crippen LogP contribution in [0.15, 0.2) is 12.4 Å². The van der Waals surface area contributed by atoms with Crippen LogP contribution in [0.1, 0.15) is 6.42 Å². The predicted molar refractivity (Wildman–Crippen MR) is 67.2 cm³/mol. The van der Waals surface area contributed by atoms with Crippen LogP contribution in [0.4, 0.5) is 11.6 Å². The molecular formula is C11H18N4O3. The molecule has 7 heteroatoms. The molecule has 0 radical (unpaired) electrons. The van der Waals surface area contributed by atoms with E-state index >= 15 is 0 Å². The van der Waals surface area contributed by atoms with Crippen molar-refractivity contribution < 1.29 is 14.3 Å². The Balaban J connectivity index is 2.64. The summed E-state index contributed by atoms with van der Waals surface area (Å²) < 4.78 is 9.63. The largest absolute Gasteiger partial charge is 0.469 e. The summed E-state index contributed by atoms with van der Waals surface area (Å²) >= 11 is 0. The highest BCUT2D eigenvalue weighted by Crippen LogP contribution is 2.10. The summed E-state index contributed by atoms with van der Waals surface area (Å²) in [6.07, 6.45) is 3.34. The first-order chi connectivity index (χ1) is 8.67. The quantitative estimate of drug-likeness (QED) is 0.689. The Bertz CT molecular complexity index is 369. The molecule has 0 aliphatic rings. The molecule has 18 heavy (non-hydrogen) atoms. The lowest BCUT2D eigenvalue weighted by molar-refractivity contribution is -0.140. The van der Waals surface area contributed by atoms with Crippen molar-refractivity contribution in [1.82, 2.24) is 9.97 Å². The van der Waals surface area contributed by atoms with Crippen molar-refractivity contribution in [3.63, 3.8) is 0 Å². The van der Waals surface area contributed by atoms with E-state index in [9.17, 15) is 4.79 Å². The number of nitrogen functional groups attached to an aromatic ring is 1. The molecule has 0 saturated carbocycles. The van der Waals surface area contributed by atoms with E-state index in [1.165, 1.54) is 13.3 Å². The van der Waals surface area contributed by atoms with Crippen molar-refractivity contribution >= 4 is 17.6 Å². The van der Waals surface area contributed by atoms with Gasteiger partial charge < -0.3 is 20.1 Å². The lowest BCUT2D eigenvalue weighted by atomic mass is 10.3. The topological polar surface area (TPSA) is 90.6 Å². The summed E-state index contributed by atoms with van der Waals surface area (Å²) in [5.74, 6) is 0.754. The molecule has 0 atom stereocenters. The average Bonchev–Trinajstić information content (AvgIpc) is 2.40. The number of anilines is 2. The smallest absolute Gasteiger partial charge is 0.307 e. The fraction of sp³-hybridized carbons (Fsp3) is 0.545. The van der Waals surface area contributed by atoms with E-state index in [1.54, 1.807) is 13.3 Å². The summed E-state index contributed by atoms with van der Waals surface area (Å²) in [7, 11) is 2.98. The van der Waals surface area contributed by atoms with Gasteiger partial charge in [-0.15, -0.1) is 0 Å². The van der Waals surface area contributed by atoms with Gasteiger partial charge in [0, 0.05) is 20.2 Å². The number of carbonyl (C=O) groups is 1. The van der Waals surface area contributed by atoms with Crippen LogP contribution < -0.4 is 10.6 Å². The first-order valence-electron chi connectivity index (χ1n) is 5.55. The summed E-state index contributed by atoms with van der Waals surface area (Å²) in [5, 5.41) is 0. The van der Waals surface area contributed by atoms with Crippen LogP contribution in [-0.4, -0.2) is 49.9 Å². The average molecular weight is 254 g/mol. The first-order valence-corrected chi connectivity index (χ1v) is 5.55. The molecule has 0 aliphatic heterocycles. The lowest BCUT2D eigenvalue weighted by Crippen LogP contribution is -2.30. The summed E-state index contributed by atoms with van der Waals surface area (Å²) in [6, 6.07) is 0. The maximum Gasteiger partial charge on any atom is 0.307 e. The fourth-order valence-electron chi connectivity index (χ4n) is 1.37. The van der Waals surface area contributed by atoms with Gasteiger partial charge in [-0.1, -0.05) is 0 Å². The molecule has 1 aromatic rings. The fourth-order valence-corrected chi connectivity index (χ4v) is 1.37. The Morgan fingerprint density at radius 3 is 2.67 bits per heavy atom. The van der Waals surface area contributed by atoms with Gasteiger partial charge in [0.05, 0.1) is 32.5 Å². The van der Waals surface area contributed by atoms with Crippen molar-refractivity contribution in [1.29, 1.82) is 0 Å². The van der Waals surface area contributed by atoms with E-state index in [4.69, 9.17) is 10.5 Å². The zero-order chi connectivity index (χ0) is 13.4. The van der Waals surface area contributed by atoms with Gasteiger partial charge in [0.15, 0.2) is 0 Å². The summed E-state index contributed by atoms with van der Waals surface area (Å²) in [6.45, 7) is 1.65. The van der Waals surface area contributed by atoms with Crippen LogP contribution in [0.5, 0.6) is 0 Å². The third-order valence-corrected chi connectivity index (χ3v) is 2.36. The van der Waals surface area contributed by atoms with Crippen LogP contribution in [-0.2, 0) is 14.3 Å². The van der Waals surface area contributed by atoms with Gasteiger partial charge in [-0.3, -0.25) is 4.79 Å². The number of aromatic nitrogens is 2. The third kappa shape index (κ3) is 4.54. The van der Waals surface area contributed by atoms with Gasteiger partial charge in [-0.25, -0.2) is 9.97 Å². The molecular weight excluding hydrogens is 236 g/mol. The highest BCUT2D eigenvalue weighted by atomic mass is 16.5. The van der Waals surface area contributed by atoms with E-state index in [2.05, 4.69) is 14.7 Å². The van der Waals surface area contributed by atoms with Crippen molar-refractivity contribution in [3.8, 4) is 0 Å². The molecule has 2 N–H and O–H groups in total. The standard InChI is InChI=1S/C11H18N4O3/c1-17-6-5-15(4-3-11(16)18-2)10-8-13-9(12)7-14-10/h7-8H,3-6H2,1-2H3,(H2,12,13). The number of methoxy groups -OCH3 is 2. The maximum atomic E-state index is 11.1. The van der Waals surface area contributed by atoms with Crippen molar-refractivity contribution in [2.45, 2.75) is 6.42 Å². The SMILES string of the molecule is COCCN(CCC(=O)OC)c1cnc(N)cn1. The minimum atomic E-state index is -0.263. The molecule has 0 aliphatic carbocycles. The molecule has 0 spiro atoms. The van der Waals surface area contributed by atoms with Crippen LogP contribution in [0.3, 0.4) is 0 Å². The number of ether oxygens (including phenoxy) is 2. The molecule has 0 unspecified atom stereocenters. The maximum absolute atomic E-state index is 11.1. The van der Waals surface area contributed by atoms with Gasteiger partial charge >= 0.3 is 5.97 Å². The molecule has 100 valence electrons. The van der Waals surface area contributed by atoms with E-state index < -0.39 is 0 Å². The van der Waals surface area contributed by atoms with E-state index in [-0.39, 0.29) is 12.4 Å². The predicted octanol–water partition coefficient (Wildman–Crippen LogP) is 0.0747. The number of rotatable bonds is 7. The zero-order valence-corrected chi connectivity index (χ0v) is 10.6. The van der Waals surface area contributed by atoms with Gasteiger partial charge in [0.2, 0.25) is 0 Å². The third-order valence-electron chi connectivity index (χ3n) is 2.36. The van der Waals surface area contributed by atoms with Crippen LogP contribution in [0.25, 0.3) is 0 Å². The Morgan fingerprint density at radius 1 is 1.33 bits per heavy atom. The second kappa shape index (κ2) is 7.44. The van der Waals surface area contributed by atoms with Gasteiger partial charge in [0.25, 0.3) is 0 Å². The lowest BCUT2D eigenvalue weighted by Gasteiger charge is -2.22. The number of nitrogens with zero attached hydrogens (tertiary/aromatic N) is 3. The van der Waals surface area contributed by atoms with Crippen molar-refractivity contribution in [2.75, 3.05) is 44.5 Å². The number of hydrogen-bond donors (Lipinski definition) is 1. The molecule has 1 heterocycles. The first kappa shape index (κ1) is 14.2. The molecule has 0 amide bonds. The Hall–Kier alpha value is -1.89. The second-order valence-corrected chi connectivity index (χ2v) is 3.61. The van der Waals surface area contributed by atoms with Crippen molar-refractivity contribution in [3.05, 3.63) is 12.4 Å². The van der Waals surface area contributed by atoms with Crippen LogP contribution in [0, 0.1) is 0 Å². The highest BCUT2D eigenvalue weighted by molar-refractivity contribution is 5.69. The number of esters is 1. The highest BCUT2D eigenvalue weighted by Gasteiger charge is 2.10. The van der Waals surface area contributed by atoms with Gasteiger partial charge in [-0.2, -0.15) is 0 Å². The molecule has 0 fully saturated rings. The Labute approximate surface area is 106 Å². The monoisotopic (exact) mass is 254 g/mol. The molecule has 1 aromatic heterocycles. The van der Waals surface area contributed by atoms with E-state index in [0.717, 1.165) is 0 Å². The van der Waals surface area contributed by atoms with Gasteiger partial charge in [-0.05, 0) is 0 Å². The zero-order valence-electron chi connectivity index (χ0n) is 10.6. The number of carbonyl (C=O) groups excluding carboxylic acids is 1. The molecule has 1 rings (SSSR count). The van der Waals surface area contributed by atoms with E-state index in [1.807, 2.05) is 4.90 Å². The second-order valence-electron chi connectivity index (χ2n) is 3.61. The van der Waals surface area contributed by atoms with Gasteiger partial charge in [0.1, 0.15) is 11.6 Å². The molecule has 0 bridgehead atoms. The minimum absolute atomic E-state index is 0.263. The minimum Gasteiger partial charge on any atom is -0.469 e. The van der Waals surface area contributed by atoms with Crippen molar-refractivity contribution in [2.24, 2.45) is 0 Å². The van der Waals surface area contributed by atoms with Crippen LogP contribution >= 0.6 is 0 Å². The van der Waals surface area contributed by atoms with Crippen LogP contribution in [0.2, 0.25) is 0 Å².